The van der Waals surface area contributed by atoms with Crippen LogP contribution >= 0.6 is 0 Å². The normalized spacial score (nSPS) is 11.4. The van der Waals surface area contributed by atoms with Crippen LogP contribution in [0.15, 0.2) is 59.1 Å². The Bertz CT molecular complexity index is 1050. The molecule has 0 aliphatic carbocycles. The number of aromatic nitrogens is 2. The largest absolute Gasteiger partial charge is 0.460 e. The first-order valence-electron chi connectivity index (χ1n) is 8.94. The molecule has 4 aromatic rings. The first-order chi connectivity index (χ1) is 12.5. The Morgan fingerprint density at radius 3 is 2.38 bits per heavy atom. The lowest BCUT2D eigenvalue weighted by Crippen LogP contribution is -1.98. The number of furan rings is 1. The molecule has 0 saturated carbocycles. The molecule has 0 bridgehead atoms. The number of imidazole rings is 1. The van der Waals surface area contributed by atoms with Crippen molar-refractivity contribution >= 4 is 17.2 Å². The third-order valence-electron chi connectivity index (χ3n) is 4.58. The van der Waals surface area contributed by atoms with Crippen LogP contribution in [0.2, 0.25) is 0 Å². The van der Waals surface area contributed by atoms with E-state index in [9.17, 15) is 0 Å². The number of fused-ring (bicyclic) bond motifs is 1. The van der Waals surface area contributed by atoms with E-state index >= 15 is 0 Å². The van der Waals surface area contributed by atoms with E-state index in [1.165, 1.54) is 11.1 Å². The van der Waals surface area contributed by atoms with Gasteiger partial charge in [0.2, 0.25) is 0 Å². The molecule has 132 valence electrons. The molecule has 0 fully saturated rings. The number of nitrogens with one attached hydrogen (secondary N) is 1. The molecule has 0 radical (unpaired) electrons. The molecule has 4 nitrogen and oxygen atoms in total. The maximum absolute atomic E-state index is 5.84. The van der Waals surface area contributed by atoms with E-state index in [1.54, 1.807) is 0 Å². The number of hydrogen-bond acceptors (Lipinski definition) is 3. The summed E-state index contributed by atoms with van der Waals surface area (Å²) in [5.41, 5.74) is 5.24. The lowest BCUT2D eigenvalue weighted by atomic mass is 10.0. The number of benzene rings is 1. The second kappa shape index (κ2) is 6.37. The van der Waals surface area contributed by atoms with Crippen LogP contribution in [0.3, 0.4) is 0 Å². The van der Waals surface area contributed by atoms with Gasteiger partial charge < -0.3 is 9.73 Å². The van der Waals surface area contributed by atoms with E-state index in [2.05, 4.69) is 67.0 Å². The van der Waals surface area contributed by atoms with Crippen LogP contribution in [-0.2, 0) is 0 Å². The van der Waals surface area contributed by atoms with Crippen molar-refractivity contribution in [3.63, 3.8) is 0 Å². The standard InChI is InChI=1S/C22H23N3O/c1-14(2)17-7-9-18(10-8-17)23-22-21(19-11-6-16(4)26-19)24-20-12-5-15(3)13-25(20)22/h5-14,23H,1-4H3. The molecule has 26 heavy (non-hydrogen) atoms. The summed E-state index contributed by atoms with van der Waals surface area (Å²) in [6.07, 6.45) is 2.09. The fraction of sp³-hybridized carbons (Fsp3) is 0.227. The molecule has 0 saturated heterocycles. The van der Waals surface area contributed by atoms with Gasteiger partial charge in [0.15, 0.2) is 5.76 Å². The van der Waals surface area contributed by atoms with Crippen molar-refractivity contribution in [2.24, 2.45) is 0 Å². The van der Waals surface area contributed by atoms with E-state index in [4.69, 9.17) is 9.40 Å². The molecule has 3 heterocycles. The molecule has 0 aliphatic rings. The predicted molar refractivity (Wildman–Crippen MR) is 106 cm³/mol. The molecule has 4 heteroatoms. The van der Waals surface area contributed by atoms with Crippen molar-refractivity contribution in [3.05, 3.63) is 71.6 Å². The summed E-state index contributed by atoms with van der Waals surface area (Å²) in [6, 6.07) is 16.6. The Balaban J connectivity index is 1.82. The third-order valence-corrected chi connectivity index (χ3v) is 4.58. The summed E-state index contributed by atoms with van der Waals surface area (Å²) < 4.78 is 7.92. The maximum atomic E-state index is 5.84. The smallest absolute Gasteiger partial charge is 0.156 e. The highest BCUT2D eigenvalue weighted by Gasteiger charge is 2.17. The predicted octanol–water partition coefficient (Wildman–Crippen LogP) is 6.08. The van der Waals surface area contributed by atoms with Crippen LogP contribution in [0.4, 0.5) is 11.5 Å². The van der Waals surface area contributed by atoms with Gasteiger partial charge in [0.1, 0.15) is 22.9 Å². The monoisotopic (exact) mass is 345 g/mol. The fourth-order valence-corrected chi connectivity index (χ4v) is 3.09. The lowest BCUT2D eigenvalue weighted by molar-refractivity contribution is 0.547. The minimum Gasteiger partial charge on any atom is -0.460 e. The van der Waals surface area contributed by atoms with Gasteiger partial charge >= 0.3 is 0 Å². The van der Waals surface area contributed by atoms with E-state index in [0.717, 1.165) is 34.4 Å². The third kappa shape index (κ3) is 2.99. The average Bonchev–Trinajstić information content (AvgIpc) is 3.19. The minimum absolute atomic E-state index is 0.518. The summed E-state index contributed by atoms with van der Waals surface area (Å²) >= 11 is 0. The molecule has 4 rings (SSSR count). The lowest BCUT2D eigenvalue weighted by Gasteiger charge is -2.10. The fourth-order valence-electron chi connectivity index (χ4n) is 3.09. The second-order valence-electron chi connectivity index (χ2n) is 7.06. The van der Waals surface area contributed by atoms with Gasteiger partial charge in [0.25, 0.3) is 0 Å². The number of pyridine rings is 1. The maximum Gasteiger partial charge on any atom is 0.156 e. The molecular formula is C22H23N3O. The van der Waals surface area contributed by atoms with Crippen LogP contribution in [0.25, 0.3) is 17.1 Å². The number of aryl methyl sites for hydroxylation is 2. The van der Waals surface area contributed by atoms with Gasteiger partial charge in [-0.1, -0.05) is 32.0 Å². The van der Waals surface area contributed by atoms with Gasteiger partial charge in [-0.2, -0.15) is 0 Å². The molecule has 0 amide bonds. The molecule has 0 aliphatic heterocycles. The second-order valence-corrected chi connectivity index (χ2v) is 7.06. The van der Waals surface area contributed by atoms with Crippen LogP contribution in [0.1, 0.15) is 36.7 Å². The topological polar surface area (TPSA) is 42.5 Å². The van der Waals surface area contributed by atoms with E-state index in [1.807, 2.05) is 25.1 Å². The Kier molecular flexibility index (Phi) is 4.03. The Labute approximate surface area is 153 Å². The van der Waals surface area contributed by atoms with Gasteiger partial charge in [-0.3, -0.25) is 4.40 Å². The minimum atomic E-state index is 0.518. The highest BCUT2D eigenvalue weighted by atomic mass is 16.3. The van der Waals surface area contributed by atoms with Crippen LogP contribution < -0.4 is 5.32 Å². The molecular weight excluding hydrogens is 322 g/mol. The average molecular weight is 345 g/mol. The molecule has 1 N–H and O–H groups in total. The van der Waals surface area contributed by atoms with E-state index in [-0.39, 0.29) is 0 Å². The number of hydrogen-bond donors (Lipinski definition) is 1. The van der Waals surface area contributed by atoms with Crippen molar-refractivity contribution in [1.29, 1.82) is 0 Å². The molecule has 0 unspecified atom stereocenters. The molecule has 1 aromatic carbocycles. The Morgan fingerprint density at radius 2 is 1.73 bits per heavy atom. The van der Waals surface area contributed by atoms with Gasteiger partial charge in [-0.25, -0.2) is 4.98 Å². The SMILES string of the molecule is Cc1ccc2nc(-c3ccc(C)o3)c(Nc3ccc(C(C)C)cc3)n2c1. The number of rotatable bonds is 4. The van der Waals surface area contributed by atoms with Gasteiger partial charge in [0, 0.05) is 11.9 Å². The number of anilines is 2. The quantitative estimate of drug-likeness (QED) is 0.487. The van der Waals surface area contributed by atoms with Crippen molar-refractivity contribution < 1.29 is 4.42 Å². The van der Waals surface area contributed by atoms with Crippen molar-refractivity contribution in [3.8, 4) is 11.5 Å². The van der Waals surface area contributed by atoms with Gasteiger partial charge in [0.05, 0.1) is 0 Å². The summed E-state index contributed by atoms with van der Waals surface area (Å²) in [6.45, 7) is 8.43. The van der Waals surface area contributed by atoms with E-state index in [0.29, 0.717) is 5.92 Å². The highest BCUT2D eigenvalue weighted by Crippen LogP contribution is 2.32. The molecule has 0 spiro atoms. The summed E-state index contributed by atoms with van der Waals surface area (Å²) in [7, 11) is 0. The zero-order valence-corrected chi connectivity index (χ0v) is 15.6. The summed E-state index contributed by atoms with van der Waals surface area (Å²) in [5, 5.41) is 3.54. The zero-order chi connectivity index (χ0) is 18.3. The first kappa shape index (κ1) is 16.5. The van der Waals surface area contributed by atoms with Crippen LogP contribution in [0, 0.1) is 13.8 Å². The van der Waals surface area contributed by atoms with Crippen LogP contribution in [0.5, 0.6) is 0 Å². The first-order valence-corrected chi connectivity index (χ1v) is 8.94. The summed E-state index contributed by atoms with van der Waals surface area (Å²) in [4.78, 5) is 4.79. The van der Waals surface area contributed by atoms with E-state index < -0.39 is 0 Å². The van der Waals surface area contributed by atoms with Gasteiger partial charge in [-0.05, 0) is 61.2 Å². The molecule has 3 aromatic heterocycles. The zero-order valence-electron chi connectivity index (χ0n) is 15.6. The van der Waals surface area contributed by atoms with Crippen molar-refractivity contribution in [2.75, 3.05) is 5.32 Å². The van der Waals surface area contributed by atoms with Gasteiger partial charge in [-0.15, -0.1) is 0 Å². The molecule has 0 atom stereocenters. The number of nitrogens with zero attached hydrogens (tertiary/aromatic N) is 2. The van der Waals surface area contributed by atoms with Crippen LogP contribution in [-0.4, -0.2) is 9.38 Å². The highest BCUT2D eigenvalue weighted by molar-refractivity contribution is 5.77. The summed E-state index contributed by atoms with van der Waals surface area (Å²) in [5.74, 6) is 3.07. The Hall–Kier alpha value is -3.01. The van der Waals surface area contributed by atoms with Crippen molar-refractivity contribution in [1.82, 2.24) is 9.38 Å². The Morgan fingerprint density at radius 1 is 0.962 bits per heavy atom. The van der Waals surface area contributed by atoms with Crippen molar-refractivity contribution in [2.45, 2.75) is 33.6 Å².